The van der Waals surface area contributed by atoms with E-state index in [2.05, 4.69) is 4.98 Å². The van der Waals surface area contributed by atoms with E-state index in [1.165, 1.54) is 0 Å². The zero-order chi connectivity index (χ0) is 8.27. The standard InChI is InChI=1S/C8H12N2O/c1-3-7-8(11)10(4-2)6-5-9-7/h5-6H,3-4H2,1-2H3. The summed E-state index contributed by atoms with van der Waals surface area (Å²) in [4.78, 5) is 15.3. The van der Waals surface area contributed by atoms with Crippen LogP contribution in [0.25, 0.3) is 0 Å². The van der Waals surface area contributed by atoms with E-state index < -0.39 is 0 Å². The van der Waals surface area contributed by atoms with Crippen molar-refractivity contribution >= 4 is 0 Å². The molecule has 1 rings (SSSR count). The summed E-state index contributed by atoms with van der Waals surface area (Å²) in [6, 6.07) is 0. The summed E-state index contributed by atoms with van der Waals surface area (Å²) in [5.74, 6) is 0. The SMILES string of the molecule is CCc1nccn(CC)c1=O. The van der Waals surface area contributed by atoms with E-state index in [1.807, 2.05) is 13.8 Å². The molecule has 0 bridgehead atoms. The lowest BCUT2D eigenvalue weighted by Crippen LogP contribution is -2.23. The van der Waals surface area contributed by atoms with Crippen LogP contribution in [-0.4, -0.2) is 9.55 Å². The minimum Gasteiger partial charge on any atom is -0.313 e. The second-order valence-corrected chi connectivity index (χ2v) is 2.32. The van der Waals surface area contributed by atoms with E-state index in [9.17, 15) is 4.79 Å². The molecular weight excluding hydrogens is 140 g/mol. The van der Waals surface area contributed by atoms with E-state index in [-0.39, 0.29) is 5.56 Å². The van der Waals surface area contributed by atoms with E-state index in [1.54, 1.807) is 17.0 Å². The van der Waals surface area contributed by atoms with Gasteiger partial charge >= 0.3 is 0 Å². The summed E-state index contributed by atoms with van der Waals surface area (Å²) in [5, 5.41) is 0. The van der Waals surface area contributed by atoms with Crippen LogP contribution in [-0.2, 0) is 13.0 Å². The van der Waals surface area contributed by atoms with Gasteiger partial charge < -0.3 is 4.57 Å². The van der Waals surface area contributed by atoms with Crippen molar-refractivity contribution in [2.45, 2.75) is 26.8 Å². The molecule has 1 aromatic heterocycles. The van der Waals surface area contributed by atoms with Gasteiger partial charge in [-0.2, -0.15) is 0 Å². The predicted octanol–water partition coefficient (Wildman–Crippen LogP) is 0.826. The highest BCUT2D eigenvalue weighted by molar-refractivity contribution is 4.96. The van der Waals surface area contributed by atoms with Crippen LogP contribution in [0.1, 0.15) is 19.5 Å². The number of hydrogen-bond acceptors (Lipinski definition) is 2. The third-order valence-corrected chi connectivity index (χ3v) is 1.66. The highest BCUT2D eigenvalue weighted by Crippen LogP contribution is 1.86. The Kier molecular flexibility index (Phi) is 2.41. The Bertz CT molecular complexity index is 265. The molecule has 0 spiro atoms. The first-order valence-corrected chi connectivity index (χ1v) is 3.84. The molecule has 0 radical (unpaired) electrons. The molecule has 1 heterocycles. The van der Waals surface area contributed by atoms with Crippen LogP contribution in [0.4, 0.5) is 0 Å². The number of aromatic nitrogens is 2. The molecule has 0 saturated heterocycles. The molecule has 0 fully saturated rings. The van der Waals surface area contributed by atoms with Gasteiger partial charge in [0, 0.05) is 18.9 Å². The fourth-order valence-electron chi connectivity index (χ4n) is 0.984. The van der Waals surface area contributed by atoms with E-state index in [4.69, 9.17) is 0 Å². The Labute approximate surface area is 65.7 Å². The van der Waals surface area contributed by atoms with Crippen molar-refractivity contribution in [1.29, 1.82) is 0 Å². The third-order valence-electron chi connectivity index (χ3n) is 1.66. The molecule has 0 aliphatic heterocycles. The molecule has 3 heteroatoms. The maximum Gasteiger partial charge on any atom is 0.272 e. The van der Waals surface area contributed by atoms with Gasteiger partial charge in [0.25, 0.3) is 5.56 Å². The van der Waals surface area contributed by atoms with Gasteiger partial charge in [0.1, 0.15) is 5.69 Å². The van der Waals surface area contributed by atoms with E-state index in [0.29, 0.717) is 18.7 Å². The topological polar surface area (TPSA) is 34.9 Å². The molecule has 3 nitrogen and oxygen atoms in total. The van der Waals surface area contributed by atoms with Crippen molar-refractivity contribution in [2.75, 3.05) is 0 Å². The van der Waals surface area contributed by atoms with E-state index >= 15 is 0 Å². The van der Waals surface area contributed by atoms with Crippen molar-refractivity contribution in [3.63, 3.8) is 0 Å². The van der Waals surface area contributed by atoms with Gasteiger partial charge in [0.15, 0.2) is 0 Å². The first-order chi connectivity index (χ1) is 5.29. The smallest absolute Gasteiger partial charge is 0.272 e. The van der Waals surface area contributed by atoms with Gasteiger partial charge in [-0.1, -0.05) is 6.92 Å². The van der Waals surface area contributed by atoms with Crippen molar-refractivity contribution in [2.24, 2.45) is 0 Å². The molecule has 0 aliphatic rings. The molecule has 60 valence electrons. The van der Waals surface area contributed by atoms with Gasteiger partial charge in [-0.05, 0) is 13.3 Å². The summed E-state index contributed by atoms with van der Waals surface area (Å²) in [6.07, 6.45) is 4.09. The fourth-order valence-corrected chi connectivity index (χ4v) is 0.984. The quantitative estimate of drug-likeness (QED) is 0.629. The average molecular weight is 152 g/mol. The average Bonchev–Trinajstić information content (AvgIpc) is 2.05. The number of hydrogen-bond donors (Lipinski definition) is 0. The van der Waals surface area contributed by atoms with Crippen molar-refractivity contribution < 1.29 is 0 Å². The maximum atomic E-state index is 11.3. The van der Waals surface area contributed by atoms with Gasteiger partial charge in [0.05, 0.1) is 0 Å². The van der Waals surface area contributed by atoms with E-state index in [0.717, 1.165) is 0 Å². The first kappa shape index (κ1) is 7.98. The van der Waals surface area contributed by atoms with Crippen molar-refractivity contribution in [3.05, 3.63) is 28.4 Å². The normalized spacial score (nSPS) is 10.0. The lowest BCUT2D eigenvalue weighted by atomic mass is 10.3. The minimum absolute atomic E-state index is 0.0394. The summed E-state index contributed by atoms with van der Waals surface area (Å²) < 4.78 is 1.66. The number of nitrogens with zero attached hydrogens (tertiary/aromatic N) is 2. The van der Waals surface area contributed by atoms with Crippen molar-refractivity contribution in [1.82, 2.24) is 9.55 Å². The van der Waals surface area contributed by atoms with Crippen LogP contribution in [0.15, 0.2) is 17.2 Å². The second-order valence-electron chi connectivity index (χ2n) is 2.32. The second kappa shape index (κ2) is 3.32. The zero-order valence-electron chi connectivity index (χ0n) is 6.87. The molecule has 0 amide bonds. The molecule has 0 aromatic carbocycles. The van der Waals surface area contributed by atoms with Gasteiger partial charge in [-0.25, -0.2) is 0 Å². The Morgan fingerprint density at radius 1 is 1.55 bits per heavy atom. The molecule has 0 aliphatic carbocycles. The predicted molar refractivity (Wildman–Crippen MR) is 43.5 cm³/mol. The van der Waals surface area contributed by atoms with Crippen LogP contribution in [0.5, 0.6) is 0 Å². The lowest BCUT2D eigenvalue weighted by Gasteiger charge is -2.01. The van der Waals surface area contributed by atoms with Crippen LogP contribution in [0, 0.1) is 0 Å². The summed E-state index contributed by atoms with van der Waals surface area (Å²) in [6.45, 7) is 4.60. The van der Waals surface area contributed by atoms with Crippen LogP contribution >= 0.6 is 0 Å². The number of aryl methyl sites for hydroxylation is 2. The summed E-state index contributed by atoms with van der Waals surface area (Å²) >= 11 is 0. The highest BCUT2D eigenvalue weighted by Gasteiger charge is 1.98. The van der Waals surface area contributed by atoms with Crippen LogP contribution < -0.4 is 5.56 Å². The molecule has 0 atom stereocenters. The molecule has 0 saturated carbocycles. The monoisotopic (exact) mass is 152 g/mol. The Morgan fingerprint density at radius 3 is 2.82 bits per heavy atom. The summed E-state index contributed by atoms with van der Waals surface area (Å²) in [5.41, 5.74) is 0.687. The maximum absolute atomic E-state index is 11.3. The highest BCUT2D eigenvalue weighted by atomic mass is 16.1. The molecule has 0 unspecified atom stereocenters. The van der Waals surface area contributed by atoms with Crippen molar-refractivity contribution in [3.8, 4) is 0 Å². The molecule has 0 N–H and O–H groups in total. The minimum atomic E-state index is 0.0394. The Balaban J connectivity index is 3.21. The lowest BCUT2D eigenvalue weighted by molar-refractivity contribution is 0.700. The first-order valence-electron chi connectivity index (χ1n) is 3.84. The molecular formula is C8H12N2O. The molecule has 11 heavy (non-hydrogen) atoms. The zero-order valence-corrected chi connectivity index (χ0v) is 6.87. The van der Waals surface area contributed by atoms with Gasteiger partial charge in [0.2, 0.25) is 0 Å². The van der Waals surface area contributed by atoms with Gasteiger partial charge in [-0.3, -0.25) is 9.78 Å². The molecule has 1 aromatic rings. The fraction of sp³-hybridized carbons (Fsp3) is 0.500. The Hall–Kier alpha value is -1.12. The third kappa shape index (κ3) is 1.48. The largest absolute Gasteiger partial charge is 0.313 e. The summed E-state index contributed by atoms with van der Waals surface area (Å²) in [7, 11) is 0. The Morgan fingerprint density at radius 2 is 2.27 bits per heavy atom. The number of rotatable bonds is 2. The van der Waals surface area contributed by atoms with Crippen LogP contribution in [0.3, 0.4) is 0 Å². The van der Waals surface area contributed by atoms with Gasteiger partial charge in [-0.15, -0.1) is 0 Å². The van der Waals surface area contributed by atoms with Crippen LogP contribution in [0.2, 0.25) is 0 Å².